The van der Waals surface area contributed by atoms with E-state index in [-0.39, 0.29) is 11.8 Å². The lowest BCUT2D eigenvalue weighted by Gasteiger charge is -2.31. The third-order valence-corrected chi connectivity index (χ3v) is 6.17. The van der Waals surface area contributed by atoms with Crippen LogP contribution in [0, 0.1) is 0 Å². The van der Waals surface area contributed by atoms with Gasteiger partial charge in [0, 0.05) is 25.9 Å². The Bertz CT molecular complexity index is 1080. The van der Waals surface area contributed by atoms with E-state index >= 15 is 0 Å². The Labute approximate surface area is 209 Å². The molecule has 0 aromatic heterocycles. The number of methoxy groups -OCH3 is 1. The molecule has 1 N–H and O–H groups in total. The summed E-state index contributed by atoms with van der Waals surface area (Å²) in [4.78, 5) is 28.6. The number of nitrogens with zero attached hydrogens (tertiary/aromatic N) is 1. The maximum absolute atomic E-state index is 13.7. The maximum Gasteiger partial charge on any atom is 0.243 e. The Morgan fingerprint density at radius 1 is 0.857 bits per heavy atom. The van der Waals surface area contributed by atoms with Gasteiger partial charge in [-0.25, -0.2) is 0 Å². The molecule has 0 bridgehead atoms. The number of amides is 2. The van der Waals surface area contributed by atoms with Gasteiger partial charge >= 0.3 is 0 Å². The van der Waals surface area contributed by atoms with Crippen LogP contribution in [0.3, 0.4) is 0 Å². The fraction of sp³-hybridized carbons (Fsp3) is 0.333. The van der Waals surface area contributed by atoms with Gasteiger partial charge in [0.15, 0.2) is 0 Å². The zero-order chi connectivity index (χ0) is 25.0. The van der Waals surface area contributed by atoms with Gasteiger partial charge in [0.25, 0.3) is 0 Å². The van der Waals surface area contributed by atoms with Crippen molar-refractivity contribution in [2.75, 3.05) is 13.7 Å². The van der Waals surface area contributed by atoms with E-state index in [4.69, 9.17) is 4.74 Å². The molecular weight excluding hydrogens is 436 g/mol. The van der Waals surface area contributed by atoms with Crippen molar-refractivity contribution in [1.29, 1.82) is 0 Å². The molecule has 0 aliphatic rings. The minimum Gasteiger partial charge on any atom is -0.497 e. The van der Waals surface area contributed by atoms with E-state index in [0.717, 1.165) is 28.9 Å². The highest BCUT2D eigenvalue weighted by molar-refractivity contribution is 5.88. The zero-order valence-corrected chi connectivity index (χ0v) is 21.0. The van der Waals surface area contributed by atoms with Crippen LogP contribution in [-0.2, 0) is 35.4 Å². The molecule has 1 atom stereocenters. The first-order valence-corrected chi connectivity index (χ1v) is 12.4. The number of hydrogen-bond acceptors (Lipinski definition) is 3. The topological polar surface area (TPSA) is 58.6 Å². The van der Waals surface area contributed by atoms with E-state index in [1.807, 2.05) is 61.5 Å². The van der Waals surface area contributed by atoms with Crippen molar-refractivity contribution in [2.45, 2.75) is 52.1 Å². The summed E-state index contributed by atoms with van der Waals surface area (Å²) in [6.07, 6.45) is 2.40. The summed E-state index contributed by atoms with van der Waals surface area (Å²) < 4.78 is 5.38. The molecular formula is C30H36N2O3. The summed E-state index contributed by atoms with van der Waals surface area (Å²) in [6.45, 7) is 4.86. The van der Waals surface area contributed by atoms with Crippen molar-refractivity contribution in [3.8, 4) is 5.75 Å². The zero-order valence-electron chi connectivity index (χ0n) is 21.0. The second-order valence-electron chi connectivity index (χ2n) is 8.64. The Morgan fingerprint density at radius 3 is 2.20 bits per heavy atom. The highest BCUT2D eigenvalue weighted by Gasteiger charge is 2.30. The van der Waals surface area contributed by atoms with Crippen molar-refractivity contribution in [1.82, 2.24) is 10.2 Å². The summed E-state index contributed by atoms with van der Waals surface area (Å²) >= 11 is 0. The Kier molecular flexibility index (Phi) is 9.91. The summed E-state index contributed by atoms with van der Waals surface area (Å²) in [7, 11) is 1.62. The number of likely N-dealkylation sites (N-methyl/N-ethyl adjacent to an activating group) is 1. The van der Waals surface area contributed by atoms with Crippen LogP contribution in [-0.4, -0.2) is 36.4 Å². The molecule has 0 radical (unpaired) electrons. The van der Waals surface area contributed by atoms with Crippen LogP contribution in [0.1, 0.15) is 42.5 Å². The number of hydrogen-bond donors (Lipinski definition) is 1. The number of ether oxygens (including phenoxy) is 1. The van der Waals surface area contributed by atoms with Crippen LogP contribution in [0.4, 0.5) is 0 Å². The number of carbonyl (C=O) groups excluding carboxylic acids is 2. The second-order valence-corrected chi connectivity index (χ2v) is 8.64. The fourth-order valence-corrected chi connectivity index (χ4v) is 4.15. The fourth-order valence-electron chi connectivity index (χ4n) is 4.15. The standard InChI is InChI=1S/C30H36N2O3/c1-4-23-14-16-24(17-15-23)18-19-29(33)32(22-26-12-9-13-27(20-26)35-3)28(30(34)31-5-2)21-25-10-7-6-8-11-25/h6-17,20,28H,4-5,18-19,21-22H2,1-3H3,(H,31,34). The van der Waals surface area contributed by atoms with Crippen LogP contribution in [0.2, 0.25) is 0 Å². The highest BCUT2D eigenvalue weighted by Crippen LogP contribution is 2.20. The Balaban J connectivity index is 1.88. The Morgan fingerprint density at radius 2 is 1.54 bits per heavy atom. The van der Waals surface area contributed by atoms with Crippen molar-refractivity contribution < 1.29 is 14.3 Å². The van der Waals surface area contributed by atoms with Gasteiger partial charge in [-0.3, -0.25) is 9.59 Å². The highest BCUT2D eigenvalue weighted by atomic mass is 16.5. The number of carbonyl (C=O) groups is 2. The van der Waals surface area contributed by atoms with Gasteiger partial charge in [-0.1, -0.05) is 73.7 Å². The van der Waals surface area contributed by atoms with E-state index in [1.165, 1.54) is 5.56 Å². The molecule has 0 heterocycles. The first kappa shape index (κ1) is 26.0. The van der Waals surface area contributed by atoms with Gasteiger partial charge in [0.1, 0.15) is 11.8 Å². The van der Waals surface area contributed by atoms with E-state index in [2.05, 4.69) is 36.5 Å². The number of benzene rings is 3. The molecule has 0 saturated carbocycles. The van der Waals surface area contributed by atoms with Gasteiger partial charge in [-0.05, 0) is 54.2 Å². The third-order valence-electron chi connectivity index (χ3n) is 6.17. The normalized spacial score (nSPS) is 11.5. The van der Waals surface area contributed by atoms with E-state index in [9.17, 15) is 9.59 Å². The summed E-state index contributed by atoms with van der Waals surface area (Å²) in [5, 5.41) is 2.94. The molecule has 0 fully saturated rings. The van der Waals surface area contributed by atoms with Gasteiger partial charge < -0.3 is 15.0 Å². The molecule has 0 spiro atoms. The van der Waals surface area contributed by atoms with Gasteiger partial charge in [-0.15, -0.1) is 0 Å². The molecule has 0 saturated heterocycles. The summed E-state index contributed by atoms with van der Waals surface area (Å²) in [5.41, 5.74) is 4.34. The van der Waals surface area contributed by atoms with Crippen molar-refractivity contribution in [3.05, 3.63) is 101 Å². The van der Waals surface area contributed by atoms with E-state index in [0.29, 0.717) is 32.4 Å². The molecule has 2 amide bonds. The summed E-state index contributed by atoms with van der Waals surface area (Å²) in [6, 6.07) is 25.3. The largest absolute Gasteiger partial charge is 0.497 e. The number of aryl methyl sites for hydroxylation is 2. The number of rotatable bonds is 12. The molecule has 0 aliphatic carbocycles. The van der Waals surface area contributed by atoms with Crippen LogP contribution < -0.4 is 10.1 Å². The van der Waals surface area contributed by atoms with E-state index in [1.54, 1.807) is 12.0 Å². The molecule has 3 aromatic carbocycles. The molecule has 3 rings (SSSR count). The molecule has 1 unspecified atom stereocenters. The third kappa shape index (κ3) is 7.71. The van der Waals surface area contributed by atoms with Crippen LogP contribution in [0.15, 0.2) is 78.9 Å². The smallest absolute Gasteiger partial charge is 0.243 e. The molecule has 5 nitrogen and oxygen atoms in total. The SMILES string of the molecule is CCNC(=O)C(Cc1ccccc1)N(Cc1cccc(OC)c1)C(=O)CCc1ccc(CC)cc1. The molecule has 3 aromatic rings. The first-order chi connectivity index (χ1) is 17.0. The average Bonchev–Trinajstić information content (AvgIpc) is 2.90. The lowest BCUT2D eigenvalue weighted by atomic mass is 10.0. The minimum absolute atomic E-state index is 0.0421. The lowest BCUT2D eigenvalue weighted by Crippen LogP contribution is -2.50. The lowest BCUT2D eigenvalue weighted by molar-refractivity contribution is -0.141. The predicted octanol–water partition coefficient (Wildman–Crippen LogP) is 4.97. The summed E-state index contributed by atoms with van der Waals surface area (Å²) in [5.74, 6) is 0.544. The minimum atomic E-state index is -0.612. The van der Waals surface area contributed by atoms with Crippen LogP contribution in [0.5, 0.6) is 5.75 Å². The van der Waals surface area contributed by atoms with Crippen LogP contribution >= 0.6 is 0 Å². The van der Waals surface area contributed by atoms with Gasteiger partial charge in [0.05, 0.1) is 7.11 Å². The molecule has 35 heavy (non-hydrogen) atoms. The average molecular weight is 473 g/mol. The van der Waals surface area contributed by atoms with E-state index < -0.39 is 6.04 Å². The molecule has 0 aliphatic heterocycles. The number of nitrogens with one attached hydrogen (secondary N) is 1. The monoisotopic (exact) mass is 472 g/mol. The van der Waals surface area contributed by atoms with Gasteiger partial charge in [0.2, 0.25) is 11.8 Å². The van der Waals surface area contributed by atoms with Crippen molar-refractivity contribution >= 4 is 11.8 Å². The van der Waals surface area contributed by atoms with Crippen LogP contribution in [0.25, 0.3) is 0 Å². The van der Waals surface area contributed by atoms with Gasteiger partial charge in [-0.2, -0.15) is 0 Å². The first-order valence-electron chi connectivity index (χ1n) is 12.4. The molecule has 184 valence electrons. The Hall–Kier alpha value is -3.60. The maximum atomic E-state index is 13.7. The van der Waals surface area contributed by atoms with Crippen molar-refractivity contribution in [3.63, 3.8) is 0 Å². The quantitative estimate of drug-likeness (QED) is 0.405. The van der Waals surface area contributed by atoms with Crippen molar-refractivity contribution in [2.24, 2.45) is 0 Å². The predicted molar refractivity (Wildman–Crippen MR) is 140 cm³/mol. The second kappa shape index (κ2) is 13.3. The molecule has 5 heteroatoms.